The van der Waals surface area contributed by atoms with Gasteiger partial charge in [0, 0.05) is 49.0 Å². The highest BCUT2D eigenvalue weighted by Gasteiger charge is 2.31. The highest BCUT2D eigenvalue weighted by molar-refractivity contribution is 6.05. The Labute approximate surface area is 202 Å². The number of anilines is 2. The molecule has 1 saturated heterocycles. The minimum atomic E-state index is -4.51. The molecule has 1 aliphatic rings. The zero-order chi connectivity index (χ0) is 25.6. The van der Waals surface area contributed by atoms with Crippen molar-refractivity contribution in [3.63, 3.8) is 0 Å². The van der Waals surface area contributed by atoms with Crippen LogP contribution in [0.15, 0.2) is 48.5 Å². The van der Waals surface area contributed by atoms with E-state index in [0.29, 0.717) is 44.7 Å². The number of nitrogens with one attached hydrogen (secondary N) is 2. The van der Waals surface area contributed by atoms with Crippen LogP contribution in [0.25, 0.3) is 0 Å². The molecule has 0 bridgehead atoms. The standard InChI is InChI=1S/C25H29F3N4O3/c1-3-31(4-2)24(35)32-13-11-17(12-14-32)22(33)29-20-9-5-7-18(15-20)23(34)30-21-10-6-8-19(16-21)25(26,27)28/h5-10,15-17H,3-4,11-14H2,1-2H3,(H,29,33)(H,30,34). The fourth-order valence-electron chi connectivity index (χ4n) is 3.99. The number of piperidine rings is 1. The second-order valence-electron chi connectivity index (χ2n) is 8.32. The number of rotatable bonds is 6. The van der Waals surface area contributed by atoms with Gasteiger partial charge in [0.15, 0.2) is 0 Å². The summed E-state index contributed by atoms with van der Waals surface area (Å²) in [7, 11) is 0. The average Bonchev–Trinajstić information content (AvgIpc) is 2.84. The highest BCUT2D eigenvalue weighted by atomic mass is 19.4. The van der Waals surface area contributed by atoms with Crippen LogP contribution in [0.3, 0.4) is 0 Å². The van der Waals surface area contributed by atoms with Gasteiger partial charge < -0.3 is 20.4 Å². The molecule has 0 unspecified atom stereocenters. The molecule has 188 valence electrons. The van der Waals surface area contributed by atoms with Crippen LogP contribution in [0.5, 0.6) is 0 Å². The van der Waals surface area contributed by atoms with Gasteiger partial charge >= 0.3 is 12.2 Å². The van der Waals surface area contributed by atoms with E-state index in [2.05, 4.69) is 10.6 Å². The Kier molecular flexibility index (Phi) is 8.37. The summed E-state index contributed by atoms with van der Waals surface area (Å²) < 4.78 is 38.7. The summed E-state index contributed by atoms with van der Waals surface area (Å²) >= 11 is 0. The van der Waals surface area contributed by atoms with Crippen molar-refractivity contribution in [2.75, 3.05) is 36.8 Å². The quantitative estimate of drug-likeness (QED) is 0.593. The van der Waals surface area contributed by atoms with Gasteiger partial charge in [-0.1, -0.05) is 12.1 Å². The van der Waals surface area contributed by atoms with Gasteiger partial charge in [-0.25, -0.2) is 4.79 Å². The molecule has 0 aromatic heterocycles. The fraction of sp³-hybridized carbons (Fsp3) is 0.400. The molecule has 0 spiro atoms. The number of alkyl halides is 3. The minimum absolute atomic E-state index is 0.0188. The second-order valence-corrected chi connectivity index (χ2v) is 8.32. The van der Waals surface area contributed by atoms with E-state index in [0.717, 1.165) is 12.1 Å². The predicted molar refractivity (Wildman–Crippen MR) is 127 cm³/mol. The Morgan fingerprint density at radius 1 is 0.943 bits per heavy atom. The fourth-order valence-corrected chi connectivity index (χ4v) is 3.99. The number of nitrogens with zero attached hydrogens (tertiary/aromatic N) is 2. The van der Waals surface area contributed by atoms with Gasteiger partial charge in [0.25, 0.3) is 5.91 Å². The van der Waals surface area contributed by atoms with E-state index in [1.807, 2.05) is 13.8 Å². The Bertz CT molecular complexity index is 1060. The first-order chi connectivity index (χ1) is 16.6. The monoisotopic (exact) mass is 490 g/mol. The van der Waals surface area contributed by atoms with E-state index < -0.39 is 17.6 Å². The Morgan fingerprint density at radius 3 is 2.14 bits per heavy atom. The van der Waals surface area contributed by atoms with Crippen LogP contribution >= 0.6 is 0 Å². The van der Waals surface area contributed by atoms with Crippen molar-refractivity contribution in [1.82, 2.24) is 9.80 Å². The molecule has 10 heteroatoms. The van der Waals surface area contributed by atoms with Crippen molar-refractivity contribution in [3.8, 4) is 0 Å². The molecule has 7 nitrogen and oxygen atoms in total. The van der Waals surface area contributed by atoms with E-state index in [4.69, 9.17) is 0 Å². The molecule has 0 radical (unpaired) electrons. The number of hydrogen-bond donors (Lipinski definition) is 2. The summed E-state index contributed by atoms with van der Waals surface area (Å²) in [6.07, 6.45) is -3.44. The van der Waals surface area contributed by atoms with Crippen molar-refractivity contribution < 1.29 is 27.6 Å². The maximum atomic E-state index is 12.9. The molecule has 0 aliphatic carbocycles. The first-order valence-electron chi connectivity index (χ1n) is 11.6. The normalized spacial score (nSPS) is 14.4. The Balaban J connectivity index is 1.58. The molecule has 1 heterocycles. The Morgan fingerprint density at radius 2 is 1.54 bits per heavy atom. The number of carbonyl (C=O) groups is 3. The van der Waals surface area contributed by atoms with Gasteiger partial charge in [-0.15, -0.1) is 0 Å². The van der Waals surface area contributed by atoms with Gasteiger partial charge in [-0.05, 0) is 63.1 Å². The lowest BCUT2D eigenvalue weighted by Gasteiger charge is -2.34. The largest absolute Gasteiger partial charge is 0.416 e. The van der Waals surface area contributed by atoms with Crippen LogP contribution in [0.2, 0.25) is 0 Å². The third-order valence-corrected chi connectivity index (χ3v) is 6.01. The molecule has 2 N–H and O–H groups in total. The lowest BCUT2D eigenvalue weighted by atomic mass is 9.96. The third-order valence-electron chi connectivity index (χ3n) is 6.01. The summed E-state index contributed by atoms with van der Waals surface area (Å²) in [4.78, 5) is 41.3. The van der Waals surface area contributed by atoms with Crippen LogP contribution in [0.1, 0.15) is 42.6 Å². The maximum absolute atomic E-state index is 12.9. The summed E-state index contributed by atoms with van der Waals surface area (Å²) in [5.74, 6) is -1.06. The zero-order valence-electron chi connectivity index (χ0n) is 19.7. The number of likely N-dealkylation sites (tertiary alicyclic amines) is 1. The number of carbonyl (C=O) groups excluding carboxylic acids is 3. The topological polar surface area (TPSA) is 81.8 Å². The molecule has 3 rings (SSSR count). The van der Waals surface area contributed by atoms with Gasteiger partial charge in [-0.3, -0.25) is 9.59 Å². The lowest BCUT2D eigenvalue weighted by molar-refractivity contribution is -0.137. The molecule has 0 saturated carbocycles. The van der Waals surface area contributed by atoms with Gasteiger partial charge in [0.2, 0.25) is 5.91 Å². The SMILES string of the molecule is CCN(CC)C(=O)N1CCC(C(=O)Nc2cccc(C(=O)Nc3cccc(C(F)(F)F)c3)c2)CC1. The molecule has 0 atom stereocenters. The summed E-state index contributed by atoms with van der Waals surface area (Å²) in [6, 6.07) is 10.6. The van der Waals surface area contributed by atoms with Crippen molar-refractivity contribution >= 4 is 29.2 Å². The Hall–Kier alpha value is -3.56. The van der Waals surface area contributed by atoms with E-state index in [-0.39, 0.29) is 29.1 Å². The van der Waals surface area contributed by atoms with Crippen LogP contribution in [-0.4, -0.2) is 53.8 Å². The number of amides is 4. The number of benzene rings is 2. The molecular weight excluding hydrogens is 461 g/mol. The van der Waals surface area contributed by atoms with Crippen LogP contribution in [0.4, 0.5) is 29.3 Å². The highest BCUT2D eigenvalue weighted by Crippen LogP contribution is 2.31. The second kappa shape index (κ2) is 11.2. The summed E-state index contributed by atoms with van der Waals surface area (Å²) in [5.41, 5.74) is -0.236. The van der Waals surface area contributed by atoms with Crippen LogP contribution in [0, 0.1) is 5.92 Å². The number of urea groups is 1. The van der Waals surface area contributed by atoms with Gasteiger partial charge in [-0.2, -0.15) is 13.2 Å². The smallest absolute Gasteiger partial charge is 0.326 e. The van der Waals surface area contributed by atoms with E-state index in [9.17, 15) is 27.6 Å². The predicted octanol–water partition coefficient (Wildman–Crippen LogP) is 5.07. The zero-order valence-corrected chi connectivity index (χ0v) is 19.7. The van der Waals surface area contributed by atoms with E-state index in [1.54, 1.807) is 21.9 Å². The third kappa shape index (κ3) is 6.74. The van der Waals surface area contributed by atoms with Crippen molar-refractivity contribution in [2.24, 2.45) is 5.92 Å². The van der Waals surface area contributed by atoms with Crippen LogP contribution in [-0.2, 0) is 11.0 Å². The molecule has 1 fully saturated rings. The number of halogens is 3. The molecule has 2 aromatic carbocycles. The molecule has 35 heavy (non-hydrogen) atoms. The molecule has 1 aliphatic heterocycles. The maximum Gasteiger partial charge on any atom is 0.416 e. The molecular formula is C25H29F3N4O3. The van der Waals surface area contributed by atoms with E-state index in [1.165, 1.54) is 24.3 Å². The van der Waals surface area contributed by atoms with Crippen molar-refractivity contribution in [3.05, 3.63) is 59.7 Å². The number of hydrogen-bond acceptors (Lipinski definition) is 3. The lowest BCUT2D eigenvalue weighted by Crippen LogP contribution is -2.47. The average molecular weight is 491 g/mol. The minimum Gasteiger partial charge on any atom is -0.326 e. The molecule has 2 aromatic rings. The van der Waals surface area contributed by atoms with E-state index >= 15 is 0 Å². The summed E-state index contributed by atoms with van der Waals surface area (Å²) in [5, 5.41) is 5.26. The first kappa shape index (κ1) is 26.1. The first-order valence-corrected chi connectivity index (χ1v) is 11.6. The molecule has 4 amide bonds. The van der Waals surface area contributed by atoms with Crippen molar-refractivity contribution in [2.45, 2.75) is 32.9 Å². The van der Waals surface area contributed by atoms with Crippen molar-refractivity contribution in [1.29, 1.82) is 0 Å². The van der Waals surface area contributed by atoms with Crippen LogP contribution < -0.4 is 10.6 Å². The van der Waals surface area contributed by atoms with Gasteiger partial charge in [0.05, 0.1) is 5.56 Å². The van der Waals surface area contributed by atoms with Gasteiger partial charge in [0.1, 0.15) is 0 Å². The summed E-state index contributed by atoms with van der Waals surface area (Å²) in [6.45, 7) is 6.10.